The molecule has 0 atom stereocenters. The zero-order valence-corrected chi connectivity index (χ0v) is 12.7. The lowest BCUT2D eigenvalue weighted by atomic mass is 9.86. The van der Waals surface area contributed by atoms with E-state index in [-0.39, 0.29) is 11.5 Å². The SMILES string of the molecule is Cc1c(C)c(O)c2c(c1O)C(c1ccccc1)=NC2(C)C. The fourth-order valence-corrected chi connectivity index (χ4v) is 2.99. The minimum Gasteiger partial charge on any atom is -0.507 e. The van der Waals surface area contributed by atoms with Crippen LogP contribution in [0.15, 0.2) is 35.3 Å². The molecule has 21 heavy (non-hydrogen) atoms. The minimum absolute atomic E-state index is 0.216. The summed E-state index contributed by atoms with van der Waals surface area (Å²) in [6.07, 6.45) is 0. The number of fused-ring (bicyclic) bond motifs is 1. The van der Waals surface area contributed by atoms with E-state index in [0.29, 0.717) is 22.3 Å². The average Bonchev–Trinajstić information content (AvgIpc) is 2.75. The number of benzene rings is 2. The lowest BCUT2D eigenvalue weighted by molar-refractivity contribution is 0.429. The van der Waals surface area contributed by atoms with Crippen molar-refractivity contribution in [3.8, 4) is 11.5 Å². The van der Waals surface area contributed by atoms with E-state index in [0.717, 1.165) is 11.3 Å². The van der Waals surface area contributed by atoms with Crippen molar-refractivity contribution >= 4 is 5.71 Å². The van der Waals surface area contributed by atoms with E-state index in [4.69, 9.17) is 4.99 Å². The van der Waals surface area contributed by atoms with Crippen LogP contribution < -0.4 is 0 Å². The van der Waals surface area contributed by atoms with Gasteiger partial charge in [0.1, 0.15) is 11.5 Å². The van der Waals surface area contributed by atoms with Crippen LogP contribution in [-0.4, -0.2) is 15.9 Å². The molecule has 0 fully saturated rings. The van der Waals surface area contributed by atoms with Crippen molar-refractivity contribution in [3.63, 3.8) is 0 Å². The Morgan fingerprint density at radius 2 is 1.48 bits per heavy atom. The van der Waals surface area contributed by atoms with E-state index in [1.54, 1.807) is 0 Å². The first-order chi connectivity index (χ1) is 9.84. The first-order valence-corrected chi connectivity index (χ1v) is 7.06. The summed E-state index contributed by atoms with van der Waals surface area (Å²) >= 11 is 0. The fourth-order valence-electron chi connectivity index (χ4n) is 2.99. The highest BCUT2D eigenvalue weighted by Gasteiger charge is 2.38. The molecule has 1 aliphatic rings. The summed E-state index contributed by atoms with van der Waals surface area (Å²) < 4.78 is 0. The van der Waals surface area contributed by atoms with Gasteiger partial charge >= 0.3 is 0 Å². The number of phenols is 2. The molecule has 0 radical (unpaired) electrons. The molecule has 0 saturated carbocycles. The van der Waals surface area contributed by atoms with Gasteiger partial charge in [-0.2, -0.15) is 0 Å². The van der Waals surface area contributed by atoms with Gasteiger partial charge in [-0.1, -0.05) is 30.3 Å². The lowest BCUT2D eigenvalue weighted by Crippen LogP contribution is -2.12. The number of phenolic OH excluding ortho intramolecular Hbond substituents is 2. The molecule has 3 nitrogen and oxygen atoms in total. The van der Waals surface area contributed by atoms with Crippen molar-refractivity contribution in [1.82, 2.24) is 0 Å². The highest BCUT2D eigenvalue weighted by Crippen LogP contribution is 2.48. The molecule has 0 aromatic heterocycles. The molecule has 0 aliphatic carbocycles. The van der Waals surface area contributed by atoms with E-state index in [1.165, 1.54) is 0 Å². The van der Waals surface area contributed by atoms with Gasteiger partial charge in [0.2, 0.25) is 0 Å². The number of aromatic hydroxyl groups is 2. The van der Waals surface area contributed by atoms with Crippen LogP contribution in [0, 0.1) is 13.8 Å². The zero-order chi connectivity index (χ0) is 15.4. The van der Waals surface area contributed by atoms with E-state index >= 15 is 0 Å². The topological polar surface area (TPSA) is 52.8 Å². The van der Waals surface area contributed by atoms with Crippen molar-refractivity contribution in [3.05, 3.63) is 58.1 Å². The molecule has 2 N–H and O–H groups in total. The van der Waals surface area contributed by atoms with Crippen LogP contribution in [-0.2, 0) is 5.54 Å². The largest absolute Gasteiger partial charge is 0.507 e. The molecule has 0 saturated heterocycles. The standard InChI is InChI=1S/C18H19NO2/c1-10-11(2)17(21)14-13(16(10)20)15(19-18(14,3)4)12-8-6-5-7-9-12/h5-9,20-21H,1-4H3. The van der Waals surface area contributed by atoms with Gasteiger partial charge < -0.3 is 10.2 Å². The molecule has 0 amide bonds. The molecule has 0 unspecified atom stereocenters. The Balaban J connectivity index is 2.37. The third-order valence-electron chi connectivity index (χ3n) is 4.28. The summed E-state index contributed by atoms with van der Waals surface area (Å²) in [6, 6.07) is 9.77. The van der Waals surface area contributed by atoms with Gasteiger partial charge in [-0.3, -0.25) is 4.99 Å². The van der Waals surface area contributed by atoms with E-state index in [2.05, 4.69) is 0 Å². The monoisotopic (exact) mass is 281 g/mol. The first kappa shape index (κ1) is 13.7. The van der Waals surface area contributed by atoms with Crippen LogP contribution in [0.5, 0.6) is 11.5 Å². The van der Waals surface area contributed by atoms with Gasteiger partial charge in [-0.05, 0) is 38.8 Å². The van der Waals surface area contributed by atoms with Crippen LogP contribution in [0.25, 0.3) is 0 Å². The van der Waals surface area contributed by atoms with Crippen molar-refractivity contribution < 1.29 is 10.2 Å². The Morgan fingerprint density at radius 3 is 2.10 bits per heavy atom. The lowest BCUT2D eigenvalue weighted by Gasteiger charge is -2.20. The Hall–Kier alpha value is -2.29. The molecule has 3 rings (SSSR count). The molecular formula is C18H19NO2. The normalized spacial score (nSPS) is 15.7. The van der Waals surface area contributed by atoms with Crippen LogP contribution in [0.3, 0.4) is 0 Å². The van der Waals surface area contributed by atoms with E-state index in [9.17, 15) is 10.2 Å². The number of hydrogen-bond acceptors (Lipinski definition) is 3. The quantitative estimate of drug-likeness (QED) is 0.781. The predicted molar refractivity (Wildman–Crippen MR) is 84.4 cm³/mol. The van der Waals surface area contributed by atoms with Gasteiger partial charge in [-0.25, -0.2) is 0 Å². The number of hydrogen-bond donors (Lipinski definition) is 2. The summed E-state index contributed by atoms with van der Waals surface area (Å²) in [5.74, 6) is 0.452. The molecule has 3 heteroatoms. The van der Waals surface area contributed by atoms with Crippen LogP contribution in [0.4, 0.5) is 0 Å². The van der Waals surface area contributed by atoms with Crippen molar-refractivity contribution in [2.45, 2.75) is 33.2 Å². The van der Waals surface area contributed by atoms with Crippen molar-refractivity contribution in [1.29, 1.82) is 0 Å². The van der Waals surface area contributed by atoms with E-state index < -0.39 is 5.54 Å². The maximum absolute atomic E-state index is 10.6. The predicted octanol–water partition coefficient (Wildman–Crippen LogP) is 3.80. The summed E-state index contributed by atoms with van der Waals surface area (Å²) in [6.45, 7) is 7.55. The van der Waals surface area contributed by atoms with Crippen LogP contribution in [0.2, 0.25) is 0 Å². The number of rotatable bonds is 1. The third kappa shape index (κ3) is 1.84. The smallest absolute Gasteiger partial charge is 0.128 e. The molecular weight excluding hydrogens is 262 g/mol. The maximum Gasteiger partial charge on any atom is 0.128 e. The molecule has 0 bridgehead atoms. The average molecular weight is 281 g/mol. The van der Waals surface area contributed by atoms with Gasteiger partial charge in [-0.15, -0.1) is 0 Å². The van der Waals surface area contributed by atoms with Gasteiger partial charge in [0.15, 0.2) is 0 Å². The number of aliphatic imine (C=N–C) groups is 1. The molecule has 1 aliphatic heterocycles. The Morgan fingerprint density at radius 1 is 0.905 bits per heavy atom. The minimum atomic E-state index is -0.555. The maximum atomic E-state index is 10.6. The summed E-state index contributed by atoms with van der Waals surface area (Å²) in [4.78, 5) is 4.76. The molecule has 2 aromatic rings. The third-order valence-corrected chi connectivity index (χ3v) is 4.28. The second kappa shape index (κ2) is 4.35. The first-order valence-electron chi connectivity index (χ1n) is 7.06. The van der Waals surface area contributed by atoms with Gasteiger partial charge in [0, 0.05) is 11.1 Å². The van der Waals surface area contributed by atoms with Gasteiger partial charge in [0.25, 0.3) is 0 Å². The van der Waals surface area contributed by atoms with Crippen molar-refractivity contribution in [2.75, 3.05) is 0 Å². The van der Waals surface area contributed by atoms with Crippen molar-refractivity contribution in [2.24, 2.45) is 4.99 Å². The summed E-state index contributed by atoms with van der Waals surface area (Å²) in [5.41, 5.74) is 3.92. The Kier molecular flexibility index (Phi) is 2.84. The summed E-state index contributed by atoms with van der Waals surface area (Å²) in [5, 5.41) is 21.1. The van der Waals surface area contributed by atoms with Gasteiger partial charge in [0.05, 0.1) is 16.8 Å². The van der Waals surface area contributed by atoms with Crippen LogP contribution >= 0.6 is 0 Å². The highest BCUT2D eigenvalue weighted by atomic mass is 16.3. The molecule has 108 valence electrons. The highest BCUT2D eigenvalue weighted by molar-refractivity contribution is 6.18. The Labute approximate surface area is 124 Å². The fraction of sp³-hybridized carbons (Fsp3) is 0.278. The second-order valence-electron chi connectivity index (χ2n) is 6.08. The number of nitrogens with zero attached hydrogens (tertiary/aromatic N) is 1. The zero-order valence-electron chi connectivity index (χ0n) is 12.7. The summed E-state index contributed by atoms with van der Waals surface area (Å²) in [7, 11) is 0. The molecule has 2 aromatic carbocycles. The molecule has 1 heterocycles. The second-order valence-corrected chi connectivity index (χ2v) is 6.08. The van der Waals surface area contributed by atoms with Crippen LogP contribution in [0.1, 0.15) is 41.7 Å². The van der Waals surface area contributed by atoms with E-state index in [1.807, 2.05) is 58.0 Å². The Bertz CT molecular complexity index is 759. The molecule has 0 spiro atoms.